The molecule has 3 N–H and O–H groups in total. The van der Waals surface area contributed by atoms with E-state index in [1.54, 1.807) is 0 Å². The molecule has 2 rings (SSSR count). The molecule has 0 bridgehead atoms. The van der Waals surface area contributed by atoms with E-state index in [9.17, 15) is 14.0 Å². The minimum atomic E-state index is -0.745. The molecule has 0 saturated carbocycles. The second-order valence-corrected chi connectivity index (χ2v) is 5.59. The molecule has 0 radical (unpaired) electrons. The summed E-state index contributed by atoms with van der Waals surface area (Å²) in [5.41, 5.74) is 6.14. The quantitative estimate of drug-likeness (QED) is 0.851. The number of nitrogens with zero attached hydrogens (tertiary/aromatic N) is 2. The molecule has 118 valence electrons. The number of hydrazone groups is 1. The molecule has 6 nitrogen and oxygen atoms in total. The van der Waals surface area contributed by atoms with Crippen LogP contribution < -0.4 is 16.1 Å². The van der Waals surface area contributed by atoms with Crippen LogP contribution in [0.4, 0.5) is 10.1 Å². The van der Waals surface area contributed by atoms with Crippen molar-refractivity contribution in [3.05, 3.63) is 30.1 Å². The average Bonchev–Trinajstić information content (AvgIpc) is 2.91. The third-order valence-corrected chi connectivity index (χ3v) is 3.26. The van der Waals surface area contributed by atoms with E-state index < -0.39 is 17.8 Å². The first-order chi connectivity index (χ1) is 10.4. The first-order valence-electron chi connectivity index (χ1n) is 7.08. The fourth-order valence-corrected chi connectivity index (χ4v) is 2.10. The van der Waals surface area contributed by atoms with Crippen molar-refractivity contribution in [3.63, 3.8) is 0 Å². The predicted molar refractivity (Wildman–Crippen MR) is 81.8 cm³/mol. The highest BCUT2D eigenvalue weighted by Crippen LogP contribution is 2.24. The van der Waals surface area contributed by atoms with Crippen molar-refractivity contribution in [3.8, 4) is 0 Å². The van der Waals surface area contributed by atoms with Gasteiger partial charge in [0.1, 0.15) is 17.6 Å². The Bertz CT molecular complexity index is 598. The number of hydrogen-bond donors (Lipinski definition) is 2. The topological polar surface area (TPSA) is 87.8 Å². The summed E-state index contributed by atoms with van der Waals surface area (Å²) in [7, 11) is 0. The second kappa shape index (κ2) is 6.55. The third kappa shape index (κ3) is 3.60. The zero-order chi connectivity index (χ0) is 16.3. The zero-order valence-corrected chi connectivity index (χ0v) is 12.5. The van der Waals surface area contributed by atoms with Gasteiger partial charge in [-0.2, -0.15) is 5.10 Å². The molecule has 0 aromatic heterocycles. The van der Waals surface area contributed by atoms with Gasteiger partial charge in [0.25, 0.3) is 5.91 Å². The Morgan fingerprint density at radius 1 is 1.41 bits per heavy atom. The van der Waals surface area contributed by atoms with E-state index in [4.69, 9.17) is 5.73 Å². The van der Waals surface area contributed by atoms with E-state index in [0.717, 1.165) is 0 Å². The van der Waals surface area contributed by atoms with Crippen LogP contribution in [0.25, 0.3) is 0 Å². The maximum absolute atomic E-state index is 13.0. The van der Waals surface area contributed by atoms with E-state index in [0.29, 0.717) is 18.2 Å². The Hall–Kier alpha value is -2.44. The SMILES string of the molecule is CC(C)CNC(=O)C1=NN(c2ccc(F)cc2)C(C(N)=O)C1. The van der Waals surface area contributed by atoms with Gasteiger partial charge < -0.3 is 11.1 Å². The van der Waals surface area contributed by atoms with Crippen LogP contribution in [-0.2, 0) is 9.59 Å². The van der Waals surface area contributed by atoms with Crippen molar-refractivity contribution in [1.82, 2.24) is 5.32 Å². The lowest BCUT2D eigenvalue weighted by Crippen LogP contribution is -2.40. The van der Waals surface area contributed by atoms with Crippen LogP contribution >= 0.6 is 0 Å². The first kappa shape index (κ1) is 15.9. The number of benzene rings is 1. The van der Waals surface area contributed by atoms with Gasteiger partial charge in [0, 0.05) is 13.0 Å². The molecule has 1 heterocycles. The van der Waals surface area contributed by atoms with Crippen LogP contribution in [0.1, 0.15) is 20.3 Å². The number of anilines is 1. The van der Waals surface area contributed by atoms with Gasteiger partial charge in [-0.25, -0.2) is 4.39 Å². The van der Waals surface area contributed by atoms with Crippen LogP contribution in [0.3, 0.4) is 0 Å². The molecule has 7 heteroatoms. The smallest absolute Gasteiger partial charge is 0.267 e. The summed E-state index contributed by atoms with van der Waals surface area (Å²) >= 11 is 0. The lowest BCUT2D eigenvalue weighted by Gasteiger charge is -2.20. The van der Waals surface area contributed by atoms with E-state index >= 15 is 0 Å². The Labute approximate surface area is 128 Å². The van der Waals surface area contributed by atoms with Crippen LogP contribution in [-0.4, -0.2) is 30.1 Å². The van der Waals surface area contributed by atoms with Crippen LogP contribution in [0, 0.1) is 11.7 Å². The number of carbonyl (C=O) groups is 2. The van der Waals surface area contributed by atoms with Crippen LogP contribution in [0.5, 0.6) is 0 Å². The van der Waals surface area contributed by atoms with Gasteiger partial charge in [-0.15, -0.1) is 0 Å². The summed E-state index contributed by atoms with van der Waals surface area (Å²) in [6, 6.07) is 4.76. The molecule has 1 aliphatic rings. The number of halogens is 1. The highest BCUT2D eigenvalue weighted by molar-refractivity contribution is 6.40. The first-order valence-corrected chi connectivity index (χ1v) is 7.08. The third-order valence-electron chi connectivity index (χ3n) is 3.26. The summed E-state index contributed by atoms with van der Waals surface area (Å²) in [6.07, 6.45) is 0.136. The van der Waals surface area contributed by atoms with Gasteiger partial charge in [0.05, 0.1) is 5.69 Å². The summed E-state index contributed by atoms with van der Waals surface area (Å²) in [5, 5.41) is 8.31. The molecule has 1 aromatic carbocycles. The predicted octanol–water partition coefficient (Wildman–Crippen LogP) is 1.02. The molecule has 0 fully saturated rings. The van der Waals surface area contributed by atoms with Gasteiger partial charge in [-0.05, 0) is 30.2 Å². The molecule has 2 amide bonds. The largest absolute Gasteiger partial charge is 0.368 e. The van der Waals surface area contributed by atoms with E-state index in [1.807, 2.05) is 13.8 Å². The number of amides is 2. The maximum Gasteiger partial charge on any atom is 0.267 e. The molecule has 0 aliphatic carbocycles. The molecule has 1 aliphatic heterocycles. The van der Waals surface area contributed by atoms with Crippen molar-refractivity contribution in [1.29, 1.82) is 0 Å². The number of carbonyl (C=O) groups excluding carboxylic acids is 2. The Morgan fingerprint density at radius 2 is 2.05 bits per heavy atom. The number of rotatable bonds is 5. The second-order valence-electron chi connectivity index (χ2n) is 5.59. The molecule has 22 heavy (non-hydrogen) atoms. The fourth-order valence-electron chi connectivity index (χ4n) is 2.10. The molecule has 0 saturated heterocycles. The highest BCUT2D eigenvalue weighted by Gasteiger charge is 2.34. The maximum atomic E-state index is 13.0. The van der Waals surface area contributed by atoms with Crippen molar-refractivity contribution < 1.29 is 14.0 Å². The van der Waals surface area contributed by atoms with Crippen LogP contribution in [0.2, 0.25) is 0 Å². The lowest BCUT2D eigenvalue weighted by molar-refractivity contribution is -0.119. The van der Waals surface area contributed by atoms with Gasteiger partial charge in [-0.3, -0.25) is 14.6 Å². The minimum Gasteiger partial charge on any atom is -0.368 e. The summed E-state index contributed by atoms with van der Waals surface area (Å²) < 4.78 is 13.0. The van der Waals surface area contributed by atoms with Crippen molar-refractivity contribution in [2.75, 3.05) is 11.6 Å². The van der Waals surface area contributed by atoms with Gasteiger partial charge in [0.2, 0.25) is 5.91 Å². The molecule has 1 unspecified atom stereocenters. The van der Waals surface area contributed by atoms with Crippen molar-refractivity contribution in [2.45, 2.75) is 26.3 Å². The van der Waals surface area contributed by atoms with Gasteiger partial charge in [0.15, 0.2) is 0 Å². The lowest BCUT2D eigenvalue weighted by atomic mass is 10.1. The Kier molecular flexibility index (Phi) is 4.75. The Balaban J connectivity index is 2.20. The summed E-state index contributed by atoms with van der Waals surface area (Å²) in [5.74, 6) is -0.979. The monoisotopic (exact) mass is 306 g/mol. The van der Waals surface area contributed by atoms with E-state index in [2.05, 4.69) is 10.4 Å². The number of nitrogens with one attached hydrogen (secondary N) is 1. The van der Waals surface area contributed by atoms with Gasteiger partial charge in [-0.1, -0.05) is 13.8 Å². The molecular formula is C15H19FN4O2. The summed E-state index contributed by atoms with van der Waals surface area (Å²) in [6.45, 7) is 4.48. The minimum absolute atomic E-state index is 0.136. The number of primary amides is 1. The molecule has 1 aromatic rings. The van der Waals surface area contributed by atoms with Crippen LogP contribution in [0.15, 0.2) is 29.4 Å². The number of nitrogens with two attached hydrogens (primary N) is 1. The fraction of sp³-hybridized carbons (Fsp3) is 0.400. The standard InChI is InChI=1S/C15H19FN4O2/c1-9(2)8-18-15(22)12-7-13(14(17)21)20(19-12)11-5-3-10(16)4-6-11/h3-6,9,13H,7-8H2,1-2H3,(H2,17,21)(H,18,22). The highest BCUT2D eigenvalue weighted by atomic mass is 19.1. The van der Waals surface area contributed by atoms with E-state index in [1.165, 1.54) is 29.3 Å². The number of hydrogen-bond acceptors (Lipinski definition) is 4. The Morgan fingerprint density at radius 3 is 2.59 bits per heavy atom. The molecule has 1 atom stereocenters. The molecular weight excluding hydrogens is 287 g/mol. The van der Waals surface area contributed by atoms with E-state index in [-0.39, 0.29) is 18.0 Å². The van der Waals surface area contributed by atoms with Gasteiger partial charge >= 0.3 is 0 Å². The van der Waals surface area contributed by atoms with Crippen molar-refractivity contribution in [2.24, 2.45) is 16.8 Å². The zero-order valence-electron chi connectivity index (χ0n) is 12.5. The summed E-state index contributed by atoms with van der Waals surface area (Å²) in [4.78, 5) is 23.7. The van der Waals surface area contributed by atoms with Crippen molar-refractivity contribution >= 4 is 23.2 Å². The molecule has 0 spiro atoms. The average molecular weight is 306 g/mol. The normalized spacial score (nSPS) is 17.5.